The molecule has 0 N–H and O–H groups in total. The zero-order valence-corrected chi connectivity index (χ0v) is 16.8. The Bertz CT molecular complexity index is 963. The van der Waals surface area contributed by atoms with Gasteiger partial charge in [-0.25, -0.2) is 0 Å². The zero-order valence-electron chi connectivity index (χ0n) is 15.3. The van der Waals surface area contributed by atoms with Gasteiger partial charge in [0.2, 0.25) is 0 Å². The molecule has 1 aliphatic heterocycles. The first-order valence-electron chi connectivity index (χ1n) is 9.15. The van der Waals surface area contributed by atoms with Gasteiger partial charge in [-0.2, -0.15) is 5.10 Å². The lowest BCUT2D eigenvalue weighted by Crippen LogP contribution is -2.48. The average Bonchev–Trinajstić information content (AvgIpc) is 3.13. The van der Waals surface area contributed by atoms with Crippen molar-refractivity contribution in [1.82, 2.24) is 14.7 Å². The summed E-state index contributed by atoms with van der Waals surface area (Å²) in [6.45, 7) is 3.60. The van der Waals surface area contributed by atoms with Crippen molar-refractivity contribution in [3.8, 4) is 0 Å². The molecule has 0 saturated carbocycles. The molecule has 144 valence electrons. The lowest BCUT2D eigenvalue weighted by Gasteiger charge is -2.36. The van der Waals surface area contributed by atoms with Crippen molar-refractivity contribution in [3.63, 3.8) is 0 Å². The molecular weight excluding hydrogens is 395 g/mol. The van der Waals surface area contributed by atoms with Gasteiger partial charge in [0.05, 0.1) is 17.8 Å². The maximum absolute atomic E-state index is 12.8. The number of amides is 1. The van der Waals surface area contributed by atoms with E-state index in [0.717, 1.165) is 29.4 Å². The molecule has 28 heavy (non-hydrogen) atoms. The molecule has 1 aliphatic rings. The van der Waals surface area contributed by atoms with Crippen LogP contribution in [0.15, 0.2) is 60.9 Å². The lowest BCUT2D eigenvalue weighted by atomic mass is 10.1. The van der Waals surface area contributed by atoms with Gasteiger partial charge in [0.15, 0.2) is 0 Å². The van der Waals surface area contributed by atoms with Crippen molar-refractivity contribution in [2.45, 2.75) is 6.54 Å². The maximum atomic E-state index is 12.8. The number of aromatic nitrogens is 2. The Morgan fingerprint density at radius 3 is 2.36 bits per heavy atom. The number of nitrogens with zero attached hydrogens (tertiary/aromatic N) is 4. The smallest absolute Gasteiger partial charge is 0.253 e. The SMILES string of the molecule is O=C(c1ccc(Cn2cc(Cl)cn2)cc1)N1CCN(c2cccc(Cl)c2)CC1. The molecular formula is C21H20Cl2N4O. The molecule has 0 aliphatic carbocycles. The summed E-state index contributed by atoms with van der Waals surface area (Å²) in [6.07, 6.45) is 3.39. The molecule has 1 amide bonds. The van der Waals surface area contributed by atoms with E-state index >= 15 is 0 Å². The molecule has 0 atom stereocenters. The van der Waals surface area contributed by atoms with Crippen LogP contribution in [0.5, 0.6) is 0 Å². The molecule has 3 aromatic rings. The number of hydrogen-bond acceptors (Lipinski definition) is 3. The molecule has 2 aromatic carbocycles. The summed E-state index contributed by atoms with van der Waals surface area (Å²) < 4.78 is 1.77. The van der Waals surface area contributed by atoms with Crippen molar-refractivity contribution in [3.05, 3.63) is 82.1 Å². The Kier molecular flexibility index (Phi) is 5.55. The third-order valence-corrected chi connectivity index (χ3v) is 5.32. The quantitative estimate of drug-likeness (QED) is 0.642. The van der Waals surface area contributed by atoms with E-state index in [0.29, 0.717) is 30.2 Å². The number of benzene rings is 2. The summed E-state index contributed by atoms with van der Waals surface area (Å²) in [4.78, 5) is 17.0. The molecule has 0 spiro atoms. The predicted molar refractivity (Wildman–Crippen MR) is 112 cm³/mol. The van der Waals surface area contributed by atoms with E-state index in [9.17, 15) is 4.79 Å². The van der Waals surface area contributed by atoms with Gasteiger partial charge in [-0.3, -0.25) is 9.48 Å². The number of carbonyl (C=O) groups excluding carboxylic acids is 1. The molecule has 0 unspecified atom stereocenters. The van der Waals surface area contributed by atoms with Crippen LogP contribution in [0.4, 0.5) is 5.69 Å². The molecule has 4 rings (SSSR count). The van der Waals surface area contributed by atoms with Crippen LogP contribution >= 0.6 is 23.2 Å². The third kappa shape index (κ3) is 4.32. The van der Waals surface area contributed by atoms with Crippen LogP contribution in [0.2, 0.25) is 10.0 Å². The monoisotopic (exact) mass is 414 g/mol. The number of piperazine rings is 1. The van der Waals surface area contributed by atoms with Gasteiger partial charge < -0.3 is 9.80 Å². The summed E-state index contributed by atoms with van der Waals surface area (Å²) in [7, 11) is 0. The normalized spacial score (nSPS) is 14.4. The Balaban J connectivity index is 1.36. The highest BCUT2D eigenvalue weighted by Crippen LogP contribution is 2.21. The Labute approximate surface area is 174 Å². The second-order valence-electron chi connectivity index (χ2n) is 6.81. The molecule has 7 heteroatoms. The Hall–Kier alpha value is -2.50. The van der Waals surface area contributed by atoms with Gasteiger partial charge >= 0.3 is 0 Å². The summed E-state index contributed by atoms with van der Waals surface area (Å²) in [5.74, 6) is 0.0689. The zero-order chi connectivity index (χ0) is 19.5. The first kappa shape index (κ1) is 18.8. The van der Waals surface area contributed by atoms with E-state index in [4.69, 9.17) is 23.2 Å². The van der Waals surface area contributed by atoms with E-state index in [1.807, 2.05) is 47.4 Å². The summed E-state index contributed by atoms with van der Waals surface area (Å²) in [5, 5.41) is 5.52. The van der Waals surface area contributed by atoms with Crippen LogP contribution in [0.1, 0.15) is 15.9 Å². The predicted octanol–water partition coefficient (Wildman–Crippen LogP) is 4.20. The topological polar surface area (TPSA) is 41.4 Å². The largest absolute Gasteiger partial charge is 0.368 e. The second-order valence-corrected chi connectivity index (χ2v) is 7.69. The average molecular weight is 415 g/mol. The first-order valence-corrected chi connectivity index (χ1v) is 9.91. The highest BCUT2D eigenvalue weighted by molar-refractivity contribution is 6.31. The molecule has 0 radical (unpaired) electrons. The lowest BCUT2D eigenvalue weighted by molar-refractivity contribution is 0.0747. The summed E-state index contributed by atoms with van der Waals surface area (Å²) >= 11 is 12.0. The Morgan fingerprint density at radius 1 is 0.964 bits per heavy atom. The fraction of sp³-hybridized carbons (Fsp3) is 0.238. The van der Waals surface area contributed by atoms with Crippen molar-refractivity contribution in [2.24, 2.45) is 0 Å². The molecule has 5 nitrogen and oxygen atoms in total. The standard InChI is InChI=1S/C21H20Cl2N4O/c22-18-2-1-3-20(12-18)25-8-10-26(11-9-25)21(28)17-6-4-16(5-7-17)14-27-15-19(23)13-24-27/h1-7,12-13,15H,8-11,14H2. The fourth-order valence-electron chi connectivity index (χ4n) is 3.39. The third-order valence-electron chi connectivity index (χ3n) is 4.89. The Morgan fingerprint density at radius 2 is 1.71 bits per heavy atom. The minimum atomic E-state index is 0.0689. The van der Waals surface area contributed by atoms with Crippen LogP contribution in [0.25, 0.3) is 0 Å². The van der Waals surface area contributed by atoms with Crippen molar-refractivity contribution >= 4 is 34.8 Å². The molecule has 0 bridgehead atoms. The van der Waals surface area contributed by atoms with E-state index in [1.165, 1.54) is 0 Å². The van der Waals surface area contributed by atoms with Crippen molar-refractivity contribution in [1.29, 1.82) is 0 Å². The minimum Gasteiger partial charge on any atom is -0.368 e. The number of hydrogen-bond donors (Lipinski definition) is 0. The highest BCUT2D eigenvalue weighted by atomic mass is 35.5. The van der Waals surface area contributed by atoms with Crippen LogP contribution in [-0.2, 0) is 6.54 Å². The summed E-state index contributed by atoms with van der Waals surface area (Å²) in [5.41, 5.74) is 2.88. The molecule has 1 aromatic heterocycles. The highest BCUT2D eigenvalue weighted by Gasteiger charge is 2.22. The van der Waals surface area contributed by atoms with Gasteiger partial charge in [0, 0.05) is 48.6 Å². The van der Waals surface area contributed by atoms with Gasteiger partial charge in [0.25, 0.3) is 5.91 Å². The number of anilines is 1. The fourth-order valence-corrected chi connectivity index (χ4v) is 3.73. The maximum Gasteiger partial charge on any atom is 0.253 e. The van der Waals surface area contributed by atoms with Gasteiger partial charge in [-0.1, -0.05) is 41.4 Å². The van der Waals surface area contributed by atoms with E-state index in [1.54, 1.807) is 17.1 Å². The van der Waals surface area contributed by atoms with Gasteiger partial charge in [0.1, 0.15) is 0 Å². The number of rotatable bonds is 4. The van der Waals surface area contributed by atoms with Crippen molar-refractivity contribution in [2.75, 3.05) is 31.1 Å². The molecule has 1 saturated heterocycles. The number of carbonyl (C=O) groups is 1. The first-order chi connectivity index (χ1) is 13.6. The van der Waals surface area contributed by atoms with Crippen LogP contribution in [0.3, 0.4) is 0 Å². The van der Waals surface area contributed by atoms with Crippen LogP contribution in [0, 0.1) is 0 Å². The van der Waals surface area contributed by atoms with E-state index in [2.05, 4.69) is 16.1 Å². The van der Waals surface area contributed by atoms with Gasteiger partial charge in [-0.15, -0.1) is 0 Å². The molecule has 2 heterocycles. The van der Waals surface area contributed by atoms with Crippen LogP contribution in [-0.4, -0.2) is 46.8 Å². The van der Waals surface area contributed by atoms with Gasteiger partial charge in [-0.05, 0) is 35.9 Å². The summed E-state index contributed by atoms with van der Waals surface area (Å²) in [6, 6.07) is 15.5. The van der Waals surface area contributed by atoms with E-state index in [-0.39, 0.29) is 5.91 Å². The second kappa shape index (κ2) is 8.25. The van der Waals surface area contributed by atoms with E-state index < -0.39 is 0 Å². The molecule has 1 fully saturated rings. The van der Waals surface area contributed by atoms with Crippen LogP contribution < -0.4 is 4.90 Å². The minimum absolute atomic E-state index is 0.0689. The number of halogens is 2. The van der Waals surface area contributed by atoms with Crippen molar-refractivity contribution < 1.29 is 4.79 Å².